The largest absolute Gasteiger partial charge is 0.337 e. The minimum Gasteiger partial charge on any atom is -0.337 e. The molecule has 1 unspecified atom stereocenters. The van der Waals surface area contributed by atoms with Crippen molar-refractivity contribution in [3.05, 3.63) is 39.4 Å². The van der Waals surface area contributed by atoms with Gasteiger partial charge in [-0.15, -0.1) is 0 Å². The minimum atomic E-state index is -0.385. The van der Waals surface area contributed by atoms with Crippen molar-refractivity contribution < 1.29 is 9.72 Å². The lowest BCUT2D eigenvalue weighted by Gasteiger charge is -2.30. The highest BCUT2D eigenvalue weighted by Crippen LogP contribution is 2.25. The van der Waals surface area contributed by atoms with E-state index in [1.54, 1.807) is 17.9 Å². The number of rotatable bonds is 3. The Morgan fingerprint density at radius 1 is 1.53 bits per heavy atom. The quantitative estimate of drug-likeness (QED) is 0.487. The molecular weight excluding hydrogens is 312 g/mol. The van der Waals surface area contributed by atoms with Crippen LogP contribution in [0.1, 0.15) is 24.0 Å². The molecule has 19 heavy (non-hydrogen) atoms. The molecule has 1 fully saturated rings. The Balaban J connectivity index is 2.21. The van der Waals surface area contributed by atoms with Crippen LogP contribution in [0.2, 0.25) is 0 Å². The van der Waals surface area contributed by atoms with Gasteiger partial charge >= 0.3 is 0 Å². The number of halogens is 1. The summed E-state index contributed by atoms with van der Waals surface area (Å²) < 4.78 is 0. The normalized spacial score (nSPS) is 19.6. The summed E-state index contributed by atoms with van der Waals surface area (Å²) in [7, 11) is 0. The second kappa shape index (κ2) is 5.69. The van der Waals surface area contributed by atoms with E-state index in [1.165, 1.54) is 6.07 Å². The van der Waals surface area contributed by atoms with E-state index in [0.717, 1.165) is 18.4 Å². The van der Waals surface area contributed by atoms with E-state index in [2.05, 4.69) is 15.9 Å². The Morgan fingerprint density at radius 2 is 2.26 bits per heavy atom. The van der Waals surface area contributed by atoms with Crippen LogP contribution in [0.5, 0.6) is 0 Å². The first-order valence-corrected chi connectivity index (χ1v) is 7.08. The number of alkyl halides is 1. The first-order chi connectivity index (χ1) is 9.00. The highest BCUT2D eigenvalue weighted by molar-refractivity contribution is 9.10. The third-order valence-corrected chi connectivity index (χ3v) is 4.29. The lowest BCUT2D eigenvalue weighted by atomic mass is 10.0. The average Bonchev–Trinajstić information content (AvgIpc) is 2.37. The van der Waals surface area contributed by atoms with Gasteiger partial charge in [0.2, 0.25) is 5.91 Å². The molecular formula is C13H15BrN2O3. The fourth-order valence-corrected chi connectivity index (χ4v) is 2.91. The van der Waals surface area contributed by atoms with Crippen LogP contribution in [0, 0.1) is 17.0 Å². The van der Waals surface area contributed by atoms with Gasteiger partial charge in [0, 0.05) is 24.7 Å². The molecule has 1 amide bonds. The van der Waals surface area contributed by atoms with E-state index >= 15 is 0 Å². The van der Waals surface area contributed by atoms with E-state index in [9.17, 15) is 14.9 Å². The highest BCUT2D eigenvalue weighted by Gasteiger charge is 2.27. The first-order valence-electron chi connectivity index (χ1n) is 6.16. The minimum absolute atomic E-state index is 0.0668. The predicted octanol–water partition coefficient (Wildman–Crippen LogP) is 2.79. The molecule has 1 aromatic rings. The molecule has 6 heteroatoms. The summed E-state index contributed by atoms with van der Waals surface area (Å²) >= 11 is 3.36. The van der Waals surface area contributed by atoms with Crippen LogP contribution in [0.3, 0.4) is 0 Å². The number of carbonyl (C=O) groups excluding carboxylic acids is 1. The van der Waals surface area contributed by atoms with Gasteiger partial charge in [-0.3, -0.25) is 14.9 Å². The molecule has 1 aromatic carbocycles. The van der Waals surface area contributed by atoms with Crippen LogP contribution in [0.15, 0.2) is 18.2 Å². The number of piperidine rings is 1. The Morgan fingerprint density at radius 3 is 2.95 bits per heavy atom. The van der Waals surface area contributed by atoms with E-state index < -0.39 is 0 Å². The van der Waals surface area contributed by atoms with Gasteiger partial charge in [0.1, 0.15) is 0 Å². The average molecular weight is 327 g/mol. The summed E-state index contributed by atoms with van der Waals surface area (Å²) in [6.45, 7) is 2.88. The summed E-state index contributed by atoms with van der Waals surface area (Å²) in [5, 5.41) is 10.9. The standard InChI is InChI=1S/C13H15BrN2O3/c1-9-10(4-2-6-12(9)16(18)19)8-15-7-3-5-11(14)13(15)17/h2,4,6,11H,3,5,7-8H2,1H3. The topological polar surface area (TPSA) is 63.5 Å². The van der Waals surface area contributed by atoms with Crippen LogP contribution in [-0.4, -0.2) is 27.1 Å². The van der Waals surface area contributed by atoms with Gasteiger partial charge in [-0.2, -0.15) is 0 Å². The molecule has 0 bridgehead atoms. The molecule has 1 heterocycles. The van der Waals surface area contributed by atoms with Gasteiger partial charge < -0.3 is 4.90 Å². The van der Waals surface area contributed by atoms with Gasteiger partial charge in [0.15, 0.2) is 0 Å². The van der Waals surface area contributed by atoms with Gasteiger partial charge in [-0.05, 0) is 25.3 Å². The number of nitro groups is 1. The first kappa shape index (κ1) is 14.0. The summed E-state index contributed by atoms with van der Waals surface area (Å²) in [5.41, 5.74) is 1.58. The molecule has 1 aliphatic rings. The van der Waals surface area contributed by atoms with Crippen LogP contribution >= 0.6 is 15.9 Å². The van der Waals surface area contributed by atoms with Crippen molar-refractivity contribution in [3.8, 4) is 0 Å². The van der Waals surface area contributed by atoms with Crippen molar-refractivity contribution in [1.82, 2.24) is 4.90 Å². The fourth-order valence-electron chi connectivity index (χ4n) is 2.29. The zero-order chi connectivity index (χ0) is 14.0. The number of hydrogen-bond donors (Lipinski definition) is 0. The van der Waals surface area contributed by atoms with Crippen molar-refractivity contribution >= 4 is 27.5 Å². The lowest BCUT2D eigenvalue weighted by Crippen LogP contribution is -2.41. The van der Waals surface area contributed by atoms with Crippen LogP contribution < -0.4 is 0 Å². The second-order valence-corrected chi connectivity index (χ2v) is 5.79. The SMILES string of the molecule is Cc1c(CN2CCCC(Br)C2=O)cccc1[N+](=O)[O-]. The molecule has 0 N–H and O–H groups in total. The van der Waals surface area contributed by atoms with Crippen molar-refractivity contribution in [2.45, 2.75) is 31.1 Å². The molecule has 0 spiro atoms. The van der Waals surface area contributed by atoms with Gasteiger partial charge in [-0.25, -0.2) is 0 Å². The van der Waals surface area contributed by atoms with Crippen LogP contribution in [-0.2, 0) is 11.3 Å². The van der Waals surface area contributed by atoms with Gasteiger partial charge in [-0.1, -0.05) is 28.1 Å². The molecule has 0 aromatic heterocycles. The molecule has 2 rings (SSSR count). The van der Waals surface area contributed by atoms with E-state index in [1.807, 2.05) is 6.07 Å². The molecule has 1 aliphatic heterocycles. The monoisotopic (exact) mass is 326 g/mol. The molecule has 0 saturated carbocycles. The Kier molecular flexibility index (Phi) is 4.19. The molecule has 1 atom stereocenters. The Bertz CT molecular complexity index is 519. The van der Waals surface area contributed by atoms with E-state index in [0.29, 0.717) is 18.7 Å². The number of benzene rings is 1. The lowest BCUT2D eigenvalue weighted by molar-refractivity contribution is -0.385. The Labute approximate surface area is 119 Å². The zero-order valence-electron chi connectivity index (χ0n) is 10.6. The molecule has 0 aliphatic carbocycles. The van der Waals surface area contributed by atoms with Crippen molar-refractivity contribution in [2.75, 3.05) is 6.54 Å². The smallest absolute Gasteiger partial charge is 0.272 e. The summed E-state index contributed by atoms with van der Waals surface area (Å²) in [6, 6.07) is 5.00. The number of carbonyl (C=O) groups is 1. The van der Waals surface area contributed by atoms with E-state index in [-0.39, 0.29) is 21.3 Å². The third kappa shape index (κ3) is 2.94. The maximum Gasteiger partial charge on any atom is 0.272 e. The predicted molar refractivity (Wildman–Crippen MR) is 75.2 cm³/mol. The summed E-state index contributed by atoms with van der Waals surface area (Å²) in [6.07, 6.45) is 1.80. The van der Waals surface area contributed by atoms with Gasteiger partial charge in [0.25, 0.3) is 5.69 Å². The fraction of sp³-hybridized carbons (Fsp3) is 0.462. The molecule has 5 nitrogen and oxygen atoms in total. The number of hydrogen-bond acceptors (Lipinski definition) is 3. The second-order valence-electron chi connectivity index (χ2n) is 4.69. The van der Waals surface area contributed by atoms with Crippen LogP contribution in [0.4, 0.5) is 5.69 Å². The Hall–Kier alpha value is -1.43. The maximum atomic E-state index is 12.0. The maximum absolute atomic E-state index is 12.0. The summed E-state index contributed by atoms with van der Waals surface area (Å²) in [5.74, 6) is 0.0668. The van der Waals surface area contributed by atoms with Crippen LogP contribution in [0.25, 0.3) is 0 Å². The third-order valence-electron chi connectivity index (χ3n) is 3.44. The molecule has 0 radical (unpaired) electrons. The zero-order valence-corrected chi connectivity index (χ0v) is 12.2. The van der Waals surface area contributed by atoms with Gasteiger partial charge in [0.05, 0.1) is 9.75 Å². The van der Waals surface area contributed by atoms with E-state index in [4.69, 9.17) is 0 Å². The number of nitro benzene ring substituents is 1. The number of nitrogens with zero attached hydrogens (tertiary/aromatic N) is 2. The molecule has 1 saturated heterocycles. The van der Waals surface area contributed by atoms with Crippen molar-refractivity contribution in [2.24, 2.45) is 0 Å². The number of likely N-dealkylation sites (tertiary alicyclic amines) is 1. The van der Waals surface area contributed by atoms with Crippen molar-refractivity contribution in [3.63, 3.8) is 0 Å². The molecule has 102 valence electrons. The van der Waals surface area contributed by atoms with Crippen molar-refractivity contribution in [1.29, 1.82) is 0 Å². The summed E-state index contributed by atoms with van der Waals surface area (Å²) in [4.78, 5) is 24.2. The highest BCUT2D eigenvalue weighted by atomic mass is 79.9. The number of amides is 1.